The molecule has 0 aromatic heterocycles. The Morgan fingerprint density at radius 3 is 2.23 bits per heavy atom. The van der Waals surface area contributed by atoms with Crippen LogP contribution in [-0.4, -0.2) is 20.6 Å². The van der Waals surface area contributed by atoms with E-state index < -0.39 is 10.0 Å². The standard InChI is InChI=1S/C23H22Cl2N2O3S/c1-15-4-10-20(12-16(15)2)27(31(3,29)30)14-17-5-8-19(9-6-17)26-23(28)21-13-18(24)7-11-22(21)25/h4-13H,14H2,1-3H3,(H,26,28). The van der Waals surface area contributed by atoms with E-state index in [1.165, 1.54) is 16.6 Å². The first kappa shape index (κ1) is 23.1. The van der Waals surface area contributed by atoms with Gasteiger partial charge in [-0.25, -0.2) is 8.42 Å². The number of amides is 1. The van der Waals surface area contributed by atoms with Gasteiger partial charge in [0.05, 0.1) is 29.1 Å². The van der Waals surface area contributed by atoms with Crippen LogP contribution in [-0.2, 0) is 16.6 Å². The van der Waals surface area contributed by atoms with Crippen molar-refractivity contribution in [3.05, 3.63) is 93.0 Å². The predicted molar refractivity (Wildman–Crippen MR) is 128 cm³/mol. The number of rotatable bonds is 6. The number of sulfonamides is 1. The topological polar surface area (TPSA) is 66.5 Å². The average Bonchev–Trinajstić information content (AvgIpc) is 2.70. The molecule has 3 aromatic rings. The maximum absolute atomic E-state index is 12.5. The lowest BCUT2D eigenvalue weighted by atomic mass is 10.1. The van der Waals surface area contributed by atoms with E-state index in [0.717, 1.165) is 16.7 Å². The molecule has 0 unspecified atom stereocenters. The first-order chi connectivity index (χ1) is 14.5. The van der Waals surface area contributed by atoms with Gasteiger partial charge in [-0.15, -0.1) is 0 Å². The summed E-state index contributed by atoms with van der Waals surface area (Å²) in [5.74, 6) is -0.381. The van der Waals surface area contributed by atoms with E-state index in [1.54, 1.807) is 42.5 Å². The lowest BCUT2D eigenvalue weighted by molar-refractivity contribution is 0.102. The van der Waals surface area contributed by atoms with Crippen molar-refractivity contribution >= 4 is 50.5 Å². The molecule has 1 amide bonds. The van der Waals surface area contributed by atoms with Crippen LogP contribution in [0.15, 0.2) is 60.7 Å². The van der Waals surface area contributed by atoms with E-state index in [0.29, 0.717) is 21.4 Å². The quantitative estimate of drug-likeness (QED) is 0.486. The summed E-state index contributed by atoms with van der Waals surface area (Å²) in [6, 6.07) is 17.2. The van der Waals surface area contributed by atoms with Crippen molar-refractivity contribution in [2.75, 3.05) is 15.9 Å². The van der Waals surface area contributed by atoms with Crippen LogP contribution in [0.3, 0.4) is 0 Å². The van der Waals surface area contributed by atoms with Gasteiger partial charge >= 0.3 is 0 Å². The predicted octanol–water partition coefficient (Wildman–Crippen LogP) is 5.83. The van der Waals surface area contributed by atoms with E-state index in [-0.39, 0.29) is 18.0 Å². The molecule has 0 atom stereocenters. The van der Waals surface area contributed by atoms with Gasteiger partial charge in [0.15, 0.2) is 0 Å². The first-order valence-electron chi connectivity index (χ1n) is 9.45. The molecule has 0 spiro atoms. The largest absolute Gasteiger partial charge is 0.322 e. The van der Waals surface area contributed by atoms with Crippen LogP contribution in [0.25, 0.3) is 0 Å². The highest BCUT2D eigenvalue weighted by Gasteiger charge is 2.18. The van der Waals surface area contributed by atoms with Crippen molar-refractivity contribution < 1.29 is 13.2 Å². The molecule has 0 bridgehead atoms. The van der Waals surface area contributed by atoms with Crippen LogP contribution in [0, 0.1) is 13.8 Å². The minimum atomic E-state index is -3.48. The summed E-state index contributed by atoms with van der Waals surface area (Å²) in [7, 11) is -3.48. The van der Waals surface area contributed by atoms with E-state index >= 15 is 0 Å². The highest BCUT2D eigenvalue weighted by molar-refractivity contribution is 7.92. The average molecular weight is 477 g/mol. The molecule has 3 rings (SSSR count). The molecule has 8 heteroatoms. The van der Waals surface area contributed by atoms with Crippen molar-refractivity contribution in [1.29, 1.82) is 0 Å². The molecule has 0 aliphatic carbocycles. The Labute approximate surface area is 192 Å². The Morgan fingerprint density at radius 2 is 1.61 bits per heavy atom. The Hall–Kier alpha value is -2.54. The molecule has 5 nitrogen and oxygen atoms in total. The molecule has 0 saturated carbocycles. The zero-order valence-electron chi connectivity index (χ0n) is 17.3. The number of benzene rings is 3. The number of carbonyl (C=O) groups is 1. The fourth-order valence-corrected chi connectivity index (χ4v) is 4.27. The molecule has 3 aromatic carbocycles. The first-order valence-corrected chi connectivity index (χ1v) is 12.1. The van der Waals surface area contributed by atoms with Crippen molar-refractivity contribution in [2.45, 2.75) is 20.4 Å². The smallest absolute Gasteiger partial charge is 0.257 e. The van der Waals surface area contributed by atoms with Crippen LogP contribution < -0.4 is 9.62 Å². The normalized spacial score (nSPS) is 11.3. The van der Waals surface area contributed by atoms with Crippen LogP contribution >= 0.6 is 23.2 Å². The SMILES string of the molecule is Cc1ccc(N(Cc2ccc(NC(=O)c3cc(Cl)ccc3Cl)cc2)S(C)(=O)=O)cc1C. The summed E-state index contributed by atoms with van der Waals surface area (Å²) in [6.45, 7) is 4.10. The van der Waals surface area contributed by atoms with Gasteiger partial charge < -0.3 is 5.32 Å². The minimum Gasteiger partial charge on any atom is -0.322 e. The van der Waals surface area contributed by atoms with Crippen LogP contribution in [0.2, 0.25) is 10.0 Å². The fourth-order valence-electron chi connectivity index (χ4n) is 3.01. The van der Waals surface area contributed by atoms with Gasteiger partial charge in [0.1, 0.15) is 0 Å². The number of halogens is 2. The molecular formula is C23H22Cl2N2O3S. The monoisotopic (exact) mass is 476 g/mol. The molecule has 162 valence electrons. The highest BCUT2D eigenvalue weighted by atomic mass is 35.5. The van der Waals surface area contributed by atoms with Crippen LogP contribution in [0.1, 0.15) is 27.0 Å². The van der Waals surface area contributed by atoms with Crippen molar-refractivity contribution in [1.82, 2.24) is 0 Å². The van der Waals surface area contributed by atoms with Gasteiger partial charge in [0, 0.05) is 10.7 Å². The number of anilines is 2. The second kappa shape index (κ2) is 9.30. The van der Waals surface area contributed by atoms with E-state index in [1.807, 2.05) is 26.0 Å². The fraction of sp³-hybridized carbons (Fsp3) is 0.174. The van der Waals surface area contributed by atoms with Gasteiger partial charge in [0.2, 0.25) is 10.0 Å². The third-order valence-corrected chi connectivity index (χ3v) is 6.60. The van der Waals surface area contributed by atoms with Gasteiger partial charge in [-0.05, 0) is 73.0 Å². The second-order valence-corrected chi connectivity index (χ2v) is 10.1. The summed E-state index contributed by atoms with van der Waals surface area (Å²) in [6.07, 6.45) is 1.19. The van der Waals surface area contributed by atoms with Gasteiger partial charge in [-0.1, -0.05) is 41.4 Å². The zero-order chi connectivity index (χ0) is 22.8. The van der Waals surface area contributed by atoms with E-state index in [4.69, 9.17) is 23.2 Å². The maximum atomic E-state index is 12.5. The summed E-state index contributed by atoms with van der Waals surface area (Å²) in [5.41, 5.74) is 4.33. The number of nitrogens with one attached hydrogen (secondary N) is 1. The second-order valence-electron chi connectivity index (χ2n) is 7.31. The Kier molecular flexibility index (Phi) is 6.94. The maximum Gasteiger partial charge on any atom is 0.257 e. The summed E-state index contributed by atoms with van der Waals surface area (Å²) in [4.78, 5) is 12.5. The molecule has 0 fully saturated rings. The number of hydrogen-bond acceptors (Lipinski definition) is 3. The van der Waals surface area contributed by atoms with Crippen molar-refractivity contribution in [2.24, 2.45) is 0 Å². The molecule has 0 heterocycles. The van der Waals surface area contributed by atoms with E-state index in [2.05, 4.69) is 5.32 Å². The lowest BCUT2D eigenvalue weighted by Crippen LogP contribution is -2.29. The highest BCUT2D eigenvalue weighted by Crippen LogP contribution is 2.25. The Morgan fingerprint density at radius 1 is 0.935 bits per heavy atom. The molecule has 0 aliphatic rings. The molecule has 31 heavy (non-hydrogen) atoms. The van der Waals surface area contributed by atoms with Gasteiger partial charge in [0.25, 0.3) is 5.91 Å². The van der Waals surface area contributed by atoms with Gasteiger partial charge in [-0.2, -0.15) is 0 Å². The minimum absolute atomic E-state index is 0.176. The summed E-state index contributed by atoms with van der Waals surface area (Å²) in [5, 5.41) is 3.48. The van der Waals surface area contributed by atoms with E-state index in [9.17, 15) is 13.2 Å². The molecule has 0 aliphatic heterocycles. The van der Waals surface area contributed by atoms with Crippen molar-refractivity contribution in [3.8, 4) is 0 Å². The Balaban J connectivity index is 1.78. The number of nitrogens with zero attached hydrogens (tertiary/aromatic N) is 1. The summed E-state index contributed by atoms with van der Waals surface area (Å²) >= 11 is 12.0. The van der Waals surface area contributed by atoms with Gasteiger partial charge in [-0.3, -0.25) is 9.10 Å². The molecule has 0 radical (unpaired) electrons. The third-order valence-electron chi connectivity index (χ3n) is 4.89. The Bertz CT molecular complexity index is 1230. The van der Waals surface area contributed by atoms with Crippen LogP contribution in [0.4, 0.5) is 11.4 Å². The van der Waals surface area contributed by atoms with Crippen LogP contribution in [0.5, 0.6) is 0 Å². The lowest BCUT2D eigenvalue weighted by Gasteiger charge is -2.23. The van der Waals surface area contributed by atoms with Crippen molar-refractivity contribution in [3.63, 3.8) is 0 Å². The number of carbonyl (C=O) groups excluding carboxylic acids is 1. The molecule has 1 N–H and O–H groups in total. The molecular weight excluding hydrogens is 455 g/mol. The summed E-state index contributed by atoms with van der Waals surface area (Å²) < 4.78 is 26.2. The number of aryl methyl sites for hydroxylation is 2. The third kappa shape index (κ3) is 5.79. The molecule has 0 saturated heterocycles. The number of hydrogen-bond donors (Lipinski definition) is 1. The zero-order valence-corrected chi connectivity index (χ0v) is 19.6.